The number of benzene rings is 2. The molecule has 2 heterocycles. The molecule has 29 heavy (non-hydrogen) atoms. The average molecular weight is 386 g/mol. The molecule has 0 unspecified atom stereocenters. The molecule has 4 aromatic rings. The molecule has 2 aromatic heterocycles. The molecular formula is C23H22N4O2. The Bertz CT molecular complexity index is 1120. The van der Waals surface area contributed by atoms with Crippen LogP contribution in [-0.4, -0.2) is 27.6 Å². The van der Waals surface area contributed by atoms with E-state index in [0.29, 0.717) is 5.69 Å². The number of hydrogen-bond donors (Lipinski definition) is 4. The summed E-state index contributed by atoms with van der Waals surface area (Å²) in [5.41, 5.74) is 5.80. The number of fused-ring (bicyclic) bond motifs is 1. The molecule has 0 spiro atoms. The van der Waals surface area contributed by atoms with E-state index in [0.717, 1.165) is 30.0 Å². The summed E-state index contributed by atoms with van der Waals surface area (Å²) >= 11 is 0. The normalized spacial score (nSPS) is 10.8. The minimum Gasteiger partial charge on any atom is -0.481 e. The van der Waals surface area contributed by atoms with Gasteiger partial charge >= 0.3 is 5.97 Å². The van der Waals surface area contributed by atoms with Gasteiger partial charge in [0.2, 0.25) is 0 Å². The molecule has 0 radical (unpaired) electrons. The van der Waals surface area contributed by atoms with E-state index in [-0.39, 0.29) is 6.42 Å². The van der Waals surface area contributed by atoms with Crippen LogP contribution in [0.25, 0.3) is 10.9 Å². The SMILES string of the molecule is O=C(O)Cc1cc(Nc2ccc(NCCc3c[nH]c4ccccc34)cc2)ccn1. The van der Waals surface area contributed by atoms with Crippen molar-refractivity contribution in [3.63, 3.8) is 0 Å². The lowest BCUT2D eigenvalue weighted by molar-refractivity contribution is -0.136. The number of carbonyl (C=O) groups is 1. The zero-order valence-corrected chi connectivity index (χ0v) is 15.9. The van der Waals surface area contributed by atoms with E-state index in [1.807, 2.05) is 36.4 Å². The van der Waals surface area contributed by atoms with Gasteiger partial charge in [0, 0.05) is 46.9 Å². The predicted molar refractivity (Wildman–Crippen MR) is 116 cm³/mol. The van der Waals surface area contributed by atoms with Crippen LogP contribution in [0.15, 0.2) is 73.1 Å². The number of aromatic nitrogens is 2. The lowest BCUT2D eigenvalue weighted by atomic mass is 10.1. The van der Waals surface area contributed by atoms with Gasteiger partial charge in [-0.05, 0) is 54.4 Å². The van der Waals surface area contributed by atoms with Crippen LogP contribution in [0, 0.1) is 0 Å². The number of pyridine rings is 1. The van der Waals surface area contributed by atoms with Crippen molar-refractivity contribution in [1.82, 2.24) is 9.97 Å². The zero-order valence-electron chi connectivity index (χ0n) is 15.9. The van der Waals surface area contributed by atoms with Gasteiger partial charge in [0.25, 0.3) is 0 Å². The third-order valence-corrected chi connectivity index (χ3v) is 4.72. The van der Waals surface area contributed by atoms with Crippen LogP contribution in [0.2, 0.25) is 0 Å². The second kappa shape index (κ2) is 8.48. The molecule has 4 N–H and O–H groups in total. The highest BCUT2D eigenvalue weighted by atomic mass is 16.4. The summed E-state index contributed by atoms with van der Waals surface area (Å²) in [5, 5.41) is 16.9. The Morgan fingerprint density at radius 1 is 1.00 bits per heavy atom. The molecule has 0 aliphatic rings. The van der Waals surface area contributed by atoms with E-state index in [9.17, 15) is 4.79 Å². The van der Waals surface area contributed by atoms with Crippen molar-refractivity contribution in [3.05, 3.63) is 84.3 Å². The molecule has 6 heteroatoms. The molecule has 0 aliphatic carbocycles. The van der Waals surface area contributed by atoms with E-state index < -0.39 is 5.97 Å². The standard InChI is InChI=1S/C23H22N4O2/c28-23(29)14-20-13-19(10-12-25-20)27-18-7-5-17(6-8-18)24-11-9-16-15-26-22-4-2-1-3-21(16)22/h1-8,10,12-13,15,24,26H,9,11,14H2,(H,25,27)(H,28,29). The molecular weight excluding hydrogens is 364 g/mol. The number of anilines is 3. The van der Waals surface area contributed by atoms with Gasteiger partial charge in [0.1, 0.15) is 0 Å². The Hall–Kier alpha value is -3.80. The fourth-order valence-corrected chi connectivity index (χ4v) is 3.33. The lowest BCUT2D eigenvalue weighted by Crippen LogP contribution is -2.04. The molecule has 0 bridgehead atoms. The fourth-order valence-electron chi connectivity index (χ4n) is 3.33. The number of nitrogens with one attached hydrogen (secondary N) is 3. The lowest BCUT2D eigenvalue weighted by Gasteiger charge is -2.10. The molecule has 0 saturated carbocycles. The summed E-state index contributed by atoms with van der Waals surface area (Å²) in [4.78, 5) is 18.2. The molecule has 0 aliphatic heterocycles. The number of carboxylic acids is 1. The number of hydrogen-bond acceptors (Lipinski definition) is 4. The van der Waals surface area contributed by atoms with Gasteiger partial charge in [-0.2, -0.15) is 0 Å². The molecule has 0 fully saturated rings. The Balaban J connectivity index is 1.33. The first kappa shape index (κ1) is 18.6. The van der Waals surface area contributed by atoms with E-state index in [2.05, 4.69) is 45.0 Å². The number of H-pyrrole nitrogens is 1. The zero-order chi connectivity index (χ0) is 20.1. The highest BCUT2D eigenvalue weighted by Gasteiger charge is 2.04. The maximum Gasteiger partial charge on any atom is 0.309 e. The molecule has 0 saturated heterocycles. The Labute approximate surface area is 168 Å². The van der Waals surface area contributed by atoms with Crippen LogP contribution in [-0.2, 0) is 17.6 Å². The highest BCUT2D eigenvalue weighted by Crippen LogP contribution is 2.21. The maximum atomic E-state index is 10.8. The third-order valence-electron chi connectivity index (χ3n) is 4.72. The predicted octanol–water partition coefficient (Wildman–Crippen LogP) is 4.59. The van der Waals surface area contributed by atoms with Gasteiger partial charge in [0.15, 0.2) is 0 Å². The van der Waals surface area contributed by atoms with E-state index in [4.69, 9.17) is 5.11 Å². The van der Waals surface area contributed by atoms with Crippen LogP contribution < -0.4 is 10.6 Å². The van der Waals surface area contributed by atoms with Crippen molar-refractivity contribution in [2.75, 3.05) is 17.2 Å². The van der Waals surface area contributed by atoms with Crippen molar-refractivity contribution in [2.45, 2.75) is 12.8 Å². The van der Waals surface area contributed by atoms with Gasteiger partial charge in [-0.1, -0.05) is 18.2 Å². The van der Waals surface area contributed by atoms with Crippen molar-refractivity contribution >= 4 is 33.9 Å². The monoisotopic (exact) mass is 386 g/mol. The smallest absolute Gasteiger partial charge is 0.309 e. The molecule has 4 rings (SSSR count). The van der Waals surface area contributed by atoms with Crippen molar-refractivity contribution in [1.29, 1.82) is 0 Å². The third kappa shape index (κ3) is 4.73. The van der Waals surface area contributed by atoms with Gasteiger partial charge in [0.05, 0.1) is 12.1 Å². The Morgan fingerprint density at radius 2 is 1.79 bits per heavy atom. The van der Waals surface area contributed by atoms with Gasteiger partial charge in [-0.25, -0.2) is 0 Å². The van der Waals surface area contributed by atoms with Crippen LogP contribution in [0.1, 0.15) is 11.3 Å². The van der Waals surface area contributed by atoms with Gasteiger partial charge < -0.3 is 20.7 Å². The molecule has 146 valence electrons. The summed E-state index contributed by atoms with van der Waals surface area (Å²) in [6.45, 7) is 0.845. The molecule has 0 amide bonds. The van der Waals surface area contributed by atoms with E-state index in [1.54, 1.807) is 12.3 Å². The van der Waals surface area contributed by atoms with Crippen LogP contribution in [0.4, 0.5) is 17.1 Å². The summed E-state index contributed by atoms with van der Waals surface area (Å²) in [6.07, 6.45) is 4.54. The van der Waals surface area contributed by atoms with Crippen molar-refractivity contribution in [2.24, 2.45) is 0 Å². The van der Waals surface area contributed by atoms with Crippen molar-refractivity contribution in [3.8, 4) is 0 Å². The number of aliphatic carboxylic acids is 1. The van der Waals surface area contributed by atoms with Crippen LogP contribution >= 0.6 is 0 Å². The fraction of sp³-hybridized carbons (Fsp3) is 0.130. The Morgan fingerprint density at radius 3 is 2.62 bits per heavy atom. The van der Waals surface area contributed by atoms with Crippen molar-refractivity contribution < 1.29 is 9.90 Å². The number of para-hydroxylation sites is 1. The van der Waals surface area contributed by atoms with E-state index in [1.165, 1.54) is 16.5 Å². The highest BCUT2D eigenvalue weighted by molar-refractivity contribution is 5.83. The first-order valence-electron chi connectivity index (χ1n) is 9.50. The summed E-state index contributed by atoms with van der Waals surface area (Å²) < 4.78 is 0. The molecule has 2 aromatic carbocycles. The van der Waals surface area contributed by atoms with Crippen LogP contribution in [0.3, 0.4) is 0 Å². The Kier molecular flexibility index (Phi) is 5.42. The average Bonchev–Trinajstić information content (AvgIpc) is 3.12. The first-order chi connectivity index (χ1) is 14.2. The summed E-state index contributed by atoms with van der Waals surface area (Å²) in [5.74, 6) is -0.891. The maximum absolute atomic E-state index is 10.8. The molecule has 0 atom stereocenters. The first-order valence-corrected chi connectivity index (χ1v) is 9.50. The van der Waals surface area contributed by atoms with Gasteiger partial charge in [-0.15, -0.1) is 0 Å². The number of rotatable bonds is 8. The second-order valence-electron chi connectivity index (χ2n) is 6.84. The molecule has 6 nitrogen and oxygen atoms in total. The number of aromatic amines is 1. The number of carboxylic acid groups (broad SMARTS) is 1. The van der Waals surface area contributed by atoms with E-state index >= 15 is 0 Å². The van der Waals surface area contributed by atoms with Gasteiger partial charge in [-0.3, -0.25) is 9.78 Å². The summed E-state index contributed by atoms with van der Waals surface area (Å²) in [6, 6.07) is 19.9. The summed E-state index contributed by atoms with van der Waals surface area (Å²) in [7, 11) is 0. The largest absolute Gasteiger partial charge is 0.481 e. The number of nitrogens with zero attached hydrogens (tertiary/aromatic N) is 1. The van der Waals surface area contributed by atoms with Crippen LogP contribution in [0.5, 0.6) is 0 Å². The quantitative estimate of drug-likeness (QED) is 0.356. The second-order valence-corrected chi connectivity index (χ2v) is 6.84. The minimum absolute atomic E-state index is 0.0885. The topological polar surface area (TPSA) is 90.0 Å². The minimum atomic E-state index is -0.891.